The number of nitrogens with one attached hydrogen (secondary N) is 1. The Hall–Kier alpha value is -0.770. The first-order chi connectivity index (χ1) is 6.65. The van der Waals surface area contributed by atoms with Crippen molar-refractivity contribution < 1.29 is 5.21 Å². The van der Waals surface area contributed by atoms with Crippen LogP contribution in [-0.2, 0) is 6.42 Å². The molecular formula is C9H10Cl2N2O. The van der Waals surface area contributed by atoms with Gasteiger partial charge < -0.3 is 0 Å². The van der Waals surface area contributed by atoms with Gasteiger partial charge in [-0.2, -0.15) is 0 Å². The molecule has 1 rings (SSSR count). The molecule has 0 aromatic heterocycles. The second kappa shape index (κ2) is 5.20. The highest BCUT2D eigenvalue weighted by molar-refractivity contribution is 6.34. The van der Waals surface area contributed by atoms with Crippen LogP contribution in [0.2, 0.25) is 10.0 Å². The monoisotopic (exact) mass is 232 g/mol. The van der Waals surface area contributed by atoms with Crippen molar-refractivity contribution >= 4 is 29.0 Å². The number of nitrogens with zero attached hydrogens (tertiary/aromatic N) is 1. The van der Waals surface area contributed by atoms with Gasteiger partial charge in [0, 0.05) is 23.5 Å². The average molecular weight is 233 g/mol. The van der Waals surface area contributed by atoms with E-state index in [1.165, 1.54) is 0 Å². The molecule has 0 bridgehead atoms. The van der Waals surface area contributed by atoms with Crippen molar-refractivity contribution in [1.29, 1.82) is 0 Å². The summed E-state index contributed by atoms with van der Waals surface area (Å²) >= 11 is 11.6. The Labute approximate surface area is 92.3 Å². The van der Waals surface area contributed by atoms with E-state index in [9.17, 15) is 0 Å². The van der Waals surface area contributed by atoms with E-state index in [4.69, 9.17) is 28.4 Å². The summed E-state index contributed by atoms with van der Waals surface area (Å²) in [5.74, 6) is 0.461. The Balaban J connectivity index is 2.86. The van der Waals surface area contributed by atoms with Gasteiger partial charge in [0.05, 0.1) is 0 Å². The van der Waals surface area contributed by atoms with E-state index < -0.39 is 0 Å². The van der Waals surface area contributed by atoms with Crippen LogP contribution in [0.15, 0.2) is 23.2 Å². The lowest BCUT2D eigenvalue weighted by molar-refractivity contribution is 0.232. The number of amidine groups is 1. The Morgan fingerprint density at radius 3 is 2.36 bits per heavy atom. The van der Waals surface area contributed by atoms with E-state index in [1.807, 2.05) is 5.48 Å². The van der Waals surface area contributed by atoms with Crippen molar-refractivity contribution in [3.8, 4) is 0 Å². The van der Waals surface area contributed by atoms with Gasteiger partial charge in [-0.25, -0.2) is 0 Å². The molecule has 0 spiro atoms. The average Bonchev–Trinajstić information content (AvgIpc) is 2.12. The molecular weight excluding hydrogens is 223 g/mol. The third-order valence-corrected chi connectivity index (χ3v) is 2.13. The largest absolute Gasteiger partial charge is 0.290 e. The highest BCUT2D eigenvalue weighted by Crippen LogP contribution is 2.19. The van der Waals surface area contributed by atoms with E-state index in [0.29, 0.717) is 22.3 Å². The summed E-state index contributed by atoms with van der Waals surface area (Å²) in [5, 5.41) is 9.82. The fraction of sp³-hybridized carbons (Fsp3) is 0.222. The zero-order valence-corrected chi connectivity index (χ0v) is 9.10. The lowest BCUT2D eigenvalue weighted by Crippen LogP contribution is -2.21. The molecule has 0 aliphatic carbocycles. The van der Waals surface area contributed by atoms with Gasteiger partial charge >= 0.3 is 0 Å². The smallest absolute Gasteiger partial charge is 0.124 e. The molecule has 0 saturated heterocycles. The van der Waals surface area contributed by atoms with Crippen LogP contribution < -0.4 is 5.48 Å². The van der Waals surface area contributed by atoms with Gasteiger partial charge in [0.25, 0.3) is 0 Å². The topological polar surface area (TPSA) is 44.6 Å². The molecule has 76 valence electrons. The van der Waals surface area contributed by atoms with E-state index in [1.54, 1.807) is 25.2 Å². The third-order valence-electron chi connectivity index (χ3n) is 1.69. The van der Waals surface area contributed by atoms with E-state index in [2.05, 4.69) is 4.99 Å². The highest BCUT2D eigenvalue weighted by atomic mass is 35.5. The van der Waals surface area contributed by atoms with Crippen LogP contribution in [0, 0.1) is 0 Å². The number of benzene rings is 1. The molecule has 14 heavy (non-hydrogen) atoms. The number of hydroxylamine groups is 1. The molecule has 5 heteroatoms. The van der Waals surface area contributed by atoms with Gasteiger partial charge in [-0.1, -0.05) is 23.2 Å². The predicted molar refractivity (Wildman–Crippen MR) is 58.4 cm³/mol. The third kappa shape index (κ3) is 3.18. The van der Waals surface area contributed by atoms with Gasteiger partial charge in [0.1, 0.15) is 5.84 Å². The summed E-state index contributed by atoms with van der Waals surface area (Å²) in [6.45, 7) is 0. The van der Waals surface area contributed by atoms with Crippen molar-refractivity contribution in [1.82, 2.24) is 5.48 Å². The van der Waals surface area contributed by atoms with Gasteiger partial charge in [-0.15, -0.1) is 0 Å². The first-order valence-electron chi connectivity index (χ1n) is 3.96. The molecule has 3 nitrogen and oxygen atoms in total. The lowest BCUT2D eigenvalue weighted by Gasteiger charge is -2.04. The highest BCUT2D eigenvalue weighted by Gasteiger charge is 2.02. The molecule has 0 amide bonds. The number of halogens is 2. The number of hydrogen-bond donors (Lipinski definition) is 2. The van der Waals surface area contributed by atoms with Crippen LogP contribution in [0.5, 0.6) is 0 Å². The maximum Gasteiger partial charge on any atom is 0.124 e. The molecule has 0 heterocycles. The molecule has 2 N–H and O–H groups in total. The summed E-state index contributed by atoms with van der Waals surface area (Å²) in [6.07, 6.45) is 0.466. The number of rotatable bonds is 2. The minimum Gasteiger partial charge on any atom is -0.290 e. The Morgan fingerprint density at radius 1 is 1.36 bits per heavy atom. The van der Waals surface area contributed by atoms with Crippen molar-refractivity contribution in [3.05, 3.63) is 33.8 Å². The van der Waals surface area contributed by atoms with Crippen molar-refractivity contribution in [2.75, 3.05) is 7.05 Å². The molecule has 1 aromatic carbocycles. The van der Waals surface area contributed by atoms with Gasteiger partial charge in [0.15, 0.2) is 0 Å². The summed E-state index contributed by atoms with van der Waals surface area (Å²) in [7, 11) is 1.59. The normalized spacial score (nSPS) is 11.6. The van der Waals surface area contributed by atoms with Crippen LogP contribution in [0.4, 0.5) is 0 Å². The first kappa shape index (κ1) is 11.3. The molecule has 0 aliphatic heterocycles. The molecule has 0 saturated carbocycles. The van der Waals surface area contributed by atoms with Crippen molar-refractivity contribution in [3.63, 3.8) is 0 Å². The fourth-order valence-electron chi connectivity index (χ4n) is 1.07. The molecule has 0 fully saturated rings. The summed E-state index contributed by atoms with van der Waals surface area (Å²) in [5.41, 5.74) is 2.90. The molecule has 1 aromatic rings. The second-order valence-corrected chi connectivity index (χ2v) is 3.61. The van der Waals surface area contributed by atoms with Crippen LogP contribution in [0.1, 0.15) is 5.56 Å². The second-order valence-electron chi connectivity index (χ2n) is 2.74. The van der Waals surface area contributed by atoms with Crippen molar-refractivity contribution in [2.24, 2.45) is 4.99 Å². The van der Waals surface area contributed by atoms with E-state index >= 15 is 0 Å². The zero-order valence-electron chi connectivity index (χ0n) is 7.59. The summed E-state index contributed by atoms with van der Waals surface area (Å²) in [4.78, 5) is 3.83. The SMILES string of the molecule is CN=C(Cc1cc(Cl)cc(Cl)c1)NO. The maximum absolute atomic E-state index is 8.68. The summed E-state index contributed by atoms with van der Waals surface area (Å²) in [6, 6.07) is 5.20. The van der Waals surface area contributed by atoms with Gasteiger partial charge in [0.2, 0.25) is 0 Å². The number of aliphatic imine (C=N–C) groups is 1. The Bertz CT molecular complexity index is 332. The fourth-order valence-corrected chi connectivity index (χ4v) is 1.65. The minimum atomic E-state index is 0.461. The predicted octanol–water partition coefficient (Wildman–Crippen LogP) is 2.54. The quantitative estimate of drug-likeness (QED) is 0.468. The Morgan fingerprint density at radius 2 is 1.93 bits per heavy atom. The number of hydrogen-bond acceptors (Lipinski definition) is 2. The maximum atomic E-state index is 8.68. The summed E-state index contributed by atoms with van der Waals surface area (Å²) < 4.78 is 0. The standard InChI is InChI=1S/C9H10Cl2N2O/c1-12-9(13-14)4-6-2-7(10)5-8(11)3-6/h2-3,5,14H,4H2,1H3,(H,12,13). The van der Waals surface area contributed by atoms with Crippen LogP contribution in [-0.4, -0.2) is 18.1 Å². The van der Waals surface area contributed by atoms with E-state index in [0.717, 1.165) is 5.56 Å². The van der Waals surface area contributed by atoms with Crippen LogP contribution in [0.25, 0.3) is 0 Å². The molecule has 0 atom stereocenters. The molecule has 0 radical (unpaired) electrons. The van der Waals surface area contributed by atoms with Gasteiger partial charge in [-0.3, -0.25) is 15.7 Å². The van der Waals surface area contributed by atoms with Crippen LogP contribution in [0.3, 0.4) is 0 Å². The van der Waals surface area contributed by atoms with E-state index in [-0.39, 0.29) is 0 Å². The van der Waals surface area contributed by atoms with Crippen LogP contribution >= 0.6 is 23.2 Å². The molecule has 0 unspecified atom stereocenters. The molecule has 0 aliphatic rings. The zero-order chi connectivity index (χ0) is 10.6. The minimum absolute atomic E-state index is 0.461. The first-order valence-corrected chi connectivity index (χ1v) is 4.72. The van der Waals surface area contributed by atoms with Crippen molar-refractivity contribution in [2.45, 2.75) is 6.42 Å². The van der Waals surface area contributed by atoms with Gasteiger partial charge in [-0.05, 0) is 23.8 Å². The lowest BCUT2D eigenvalue weighted by atomic mass is 10.1. The Kier molecular flexibility index (Phi) is 4.20.